The molecule has 0 aromatic carbocycles. The van der Waals surface area contributed by atoms with Gasteiger partial charge in [-0.05, 0) is 11.8 Å². The van der Waals surface area contributed by atoms with Crippen molar-refractivity contribution in [1.29, 1.82) is 0 Å². The van der Waals surface area contributed by atoms with Crippen LogP contribution in [-0.2, 0) is 0 Å². The van der Waals surface area contributed by atoms with Gasteiger partial charge in [0.25, 0.3) is 0 Å². The van der Waals surface area contributed by atoms with Crippen molar-refractivity contribution in [3.63, 3.8) is 0 Å². The summed E-state index contributed by atoms with van der Waals surface area (Å²) >= 11 is 0. The lowest BCUT2D eigenvalue weighted by molar-refractivity contribution is 0.395. The van der Waals surface area contributed by atoms with Crippen molar-refractivity contribution in [1.82, 2.24) is 9.97 Å². The molecular weight excluding hydrogens is 164 g/mol. The van der Waals surface area contributed by atoms with Crippen LogP contribution in [0.25, 0.3) is 0 Å². The molecule has 70 valence electrons. The first-order valence-corrected chi connectivity index (χ1v) is 4.49. The predicted octanol–water partition coefficient (Wildman–Crippen LogP) is 2.00. The molecule has 1 aliphatic rings. The Morgan fingerprint density at radius 1 is 1.46 bits per heavy atom. The van der Waals surface area contributed by atoms with Crippen LogP contribution in [0.3, 0.4) is 0 Å². The quantitative estimate of drug-likeness (QED) is 0.694. The van der Waals surface area contributed by atoms with Crippen molar-refractivity contribution in [2.45, 2.75) is 26.2 Å². The fourth-order valence-electron chi connectivity index (χ4n) is 1.63. The molecule has 1 atom stereocenters. The molecule has 0 bridgehead atoms. The number of ether oxygens (including phenoxy) is 1. The zero-order chi connectivity index (χ0) is 9.47. The standard InChI is InChI=1S/C10H14N2O/c1-10(2)5-7(10)8-4-9(13-3)12-6-11-8/h4,6-7H,5H2,1-3H3. The van der Waals surface area contributed by atoms with Crippen LogP contribution in [0.2, 0.25) is 0 Å². The predicted molar refractivity (Wildman–Crippen MR) is 49.7 cm³/mol. The molecule has 3 nitrogen and oxygen atoms in total. The molecule has 0 N–H and O–H groups in total. The summed E-state index contributed by atoms with van der Waals surface area (Å²) in [7, 11) is 1.63. The third kappa shape index (κ3) is 1.50. The van der Waals surface area contributed by atoms with E-state index in [0.29, 0.717) is 17.2 Å². The van der Waals surface area contributed by atoms with E-state index in [1.807, 2.05) is 6.07 Å². The normalized spacial score (nSPS) is 24.1. The number of hydrogen-bond donors (Lipinski definition) is 0. The highest BCUT2D eigenvalue weighted by molar-refractivity contribution is 5.25. The topological polar surface area (TPSA) is 35.0 Å². The van der Waals surface area contributed by atoms with Crippen LogP contribution in [-0.4, -0.2) is 17.1 Å². The summed E-state index contributed by atoms with van der Waals surface area (Å²) in [4.78, 5) is 8.24. The molecule has 0 spiro atoms. The van der Waals surface area contributed by atoms with Gasteiger partial charge in [0.2, 0.25) is 5.88 Å². The fourth-order valence-corrected chi connectivity index (χ4v) is 1.63. The average molecular weight is 178 g/mol. The molecule has 1 heterocycles. The van der Waals surface area contributed by atoms with Crippen molar-refractivity contribution in [2.24, 2.45) is 5.41 Å². The Kier molecular flexibility index (Phi) is 1.75. The summed E-state index contributed by atoms with van der Waals surface area (Å²) in [6, 6.07) is 1.93. The smallest absolute Gasteiger partial charge is 0.216 e. The summed E-state index contributed by atoms with van der Waals surface area (Å²) in [6.45, 7) is 4.51. The molecule has 1 unspecified atom stereocenters. The Bertz CT molecular complexity index is 322. The molecule has 1 aromatic rings. The van der Waals surface area contributed by atoms with Gasteiger partial charge in [0.05, 0.1) is 12.8 Å². The largest absolute Gasteiger partial charge is 0.481 e. The van der Waals surface area contributed by atoms with E-state index < -0.39 is 0 Å². The Balaban J connectivity index is 2.23. The Hall–Kier alpha value is -1.12. The third-order valence-corrected chi connectivity index (χ3v) is 2.74. The van der Waals surface area contributed by atoms with Gasteiger partial charge in [-0.2, -0.15) is 0 Å². The van der Waals surface area contributed by atoms with Gasteiger partial charge in [0.15, 0.2) is 0 Å². The fraction of sp³-hybridized carbons (Fsp3) is 0.600. The first-order valence-electron chi connectivity index (χ1n) is 4.49. The van der Waals surface area contributed by atoms with Gasteiger partial charge in [0.1, 0.15) is 6.33 Å². The lowest BCUT2D eigenvalue weighted by Gasteiger charge is -2.03. The maximum absolute atomic E-state index is 5.05. The first-order chi connectivity index (χ1) is 6.13. The van der Waals surface area contributed by atoms with Gasteiger partial charge >= 0.3 is 0 Å². The molecule has 0 aliphatic heterocycles. The van der Waals surface area contributed by atoms with Crippen molar-refractivity contribution < 1.29 is 4.74 Å². The minimum atomic E-state index is 0.416. The van der Waals surface area contributed by atoms with Gasteiger partial charge in [-0.3, -0.25) is 0 Å². The summed E-state index contributed by atoms with van der Waals surface area (Å²) in [5.41, 5.74) is 1.52. The maximum Gasteiger partial charge on any atom is 0.216 e. The molecule has 0 saturated heterocycles. The molecule has 0 amide bonds. The second-order valence-electron chi connectivity index (χ2n) is 4.23. The second kappa shape index (κ2) is 2.69. The highest BCUT2D eigenvalue weighted by Crippen LogP contribution is 2.58. The van der Waals surface area contributed by atoms with Gasteiger partial charge in [-0.1, -0.05) is 13.8 Å². The van der Waals surface area contributed by atoms with Gasteiger partial charge in [-0.15, -0.1) is 0 Å². The Morgan fingerprint density at radius 2 is 2.15 bits per heavy atom. The van der Waals surface area contributed by atoms with Crippen LogP contribution in [0.15, 0.2) is 12.4 Å². The van der Waals surface area contributed by atoms with Crippen molar-refractivity contribution in [3.05, 3.63) is 18.1 Å². The third-order valence-electron chi connectivity index (χ3n) is 2.74. The van der Waals surface area contributed by atoms with E-state index >= 15 is 0 Å². The number of nitrogens with zero attached hydrogens (tertiary/aromatic N) is 2. The number of methoxy groups -OCH3 is 1. The molecule has 13 heavy (non-hydrogen) atoms. The Labute approximate surface area is 78.2 Å². The molecule has 0 radical (unpaired) electrons. The second-order valence-corrected chi connectivity index (χ2v) is 4.23. The SMILES string of the molecule is COc1cc(C2CC2(C)C)ncn1. The van der Waals surface area contributed by atoms with E-state index in [1.165, 1.54) is 6.42 Å². The zero-order valence-corrected chi connectivity index (χ0v) is 8.24. The van der Waals surface area contributed by atoms with Crippen LogP contribution < -0.4 is 4.74 Å². The number of hydrogen-bond acceptors (Lipinski definition) is 3. The number of rotatable bonds is 2. The van der Waals surface area contributed by atoms with E-state index in [0.717, 1.165) is 5.69 Å². The molecule has 1 saturated carbocycles. The van der Waals surface area contributed by atoms with Crippen LogP contribution in [0, 0.1) is 5.41 Å². The number of aromatic nitrogens is 2. The molecule has 1 aromatic heterocycles. The van der Waals surface area contributed by atoms with Gasteiger partial charge in [0, 0.05) is 12.0 Å². The van der Waals surface area contributed by atoms with Crippen LogP contribution in [0.4, 0.5) is 0 Å². The zero-order valence-electron chi connectivity index (χ0n) is 8.24. The van der Waals surface area contributed by atoms with E-state index in [4.69, 9.17) is 4.74 Å². The summed E-state index contributed by atoms with van der Waals surface area (Å²) in [6.07, 6.45) is 2.79. The first kappa shape index (κ1) is 8.48. The van der Waals surface area contributed by atoms with Crippen molar-refractivity contribution in [2.75, 3.05) is 7.11 Å². The molecule has 3 heteroatoms. The van der Waals surface area contributed by atoms with Crippen molar-refractivity contribution >= 4 is 0 Å². The van der Waals surface area contributed by atoms with Crippen LogP contribution in [0.1, 0.15) is 31.9 Å². The average Bonchev–Trinajstić information content (AvgIpc) is 2.76. The maximum atomic E-state index is 5.05. The van der Waals surface area contributed by atoms with Crippen LogP contribution in [0.5, 0.6) is 5.88 Å². The summed E-state index contributed by atoms with van der Waals surface area (Å²) in [5.74, 6) is 1.25. The lowest BCUT2D eigenvalue weighted by Crippen LogP contribution is -1.96. The van der Waals surface area contributed by atoms with Crippen LogP contribution >= 0.6 is 0 Å². The lowest BCUT2D eigenvalue weighted by atomic mass is 10.1. The summed E-state index contributed by atoms with van der Waals surface area (Å²) in [5, 5.41) is 0. The van der Waals surface area contributed by atoms with Crippen molar-refractivity contribution in [3.8, 4) is 5.88 Å². The minimum absolute atomic E-state index is 0.416. The van der Waals surface area contributed by atoms with Gasteiger partial charge in [-0.25, -0.2) is 9.97 Å². The monoisotopic (exact) mass is 178 g/mol. The molecule has 1 aliphatic carbocycles. The van der Waals surface area contributed by atoms with E-state index in [9.17, 15) is 0 Å². The highest BCUT2D eigenvalue weighted by Gasteiger charge is 2.47. The summed E-state index contributed by atoms with van der Waals surface area (Å²) < 4.78 is 5.05. The highest BCUT2D eigenvalue weighted by atomic mass is 16.5. The van der Waals surface area contributed by atoms with E-state index in [-0.39, 0.29) is 0 Å². The molecular formula is C10H14N2O. The van der Waals surface area contributed by atoms with E-state index in [1.54, 1.807) is 13.4 Å². The Morgan fingerprint density at radius 3 is 2.69 bits per heavy atom. The molecule has 2 rings (SSSR count). The minimum Gasteiger partial charge on any atom is -0.481 e. The molecule has 1 fully saturated rings. The van der Waals surface area contributed by atoms with Gasteiger partial charge < -0.3 is 4.74 Å². The van der Waals surface area contributed by atoms with E-state index in [2.05, 4.69) is 23.8 Å².